The smallest absolute Gasteiger partial charge is 0.161 e. The molecule has 0 fully saturated rings. The quantitative estimate of drug-likeness (QED) is 0.185. The molecule has 3 nitrogen and oxygen atoms in total. The summed E-state index contributed by atoms with van der Waals surface area (Å²) in [5.74, 6) is 0.334. The minimum absolute atomic E-state index is 0.0566. The molecule has 0 radical (unpaired) electrons. The van der Waals surface area contributed by atoms with Crippen molar-refractivity contribution in [2.45, 2.75) is 72.6 Å². The van der Waals surface area contributed by atoms with Gasteiger partial charge < -0.3 is 0 Å². The fraction of sp³-hybridized carbons (Fsp3) is 0.433. The summed E-state index contributed by atoms with van der Waals surface area (Å²) < 4.78 is 0. The van der Waals surface area contributed by atoms with Gasteiger partial charge in [0.05, 0.1) is 5.70 Å². The number of ketones is 1. The standard InChI is InChI=1S/C30H40N2O/c1-7-12-25(30(33)22(3)4)15-9-13-23(5)19-24-14-10-16-26(20-24)28(21-31-6)29-18-11-17-27(8-2)32-29/h10-11,14-17,20-22H,5,7-9,12-13,18-19H2,1-4,6H3/b25-15?,29-28-,31-21?. The van der Waals surface area contributed by atoms with E-state index in [0.29, 0.717) is 0 Å². The van der Waals surface area contributed by atoms with E-state index >= 15 is 0 Å². The molecule has 1 aliphatic heterocycles. The number of rotatable bonds is 12. The van der Waals surface area contributed by atoms with Crippen molar-refractivity contribution in [3.63, 3.8) is 0 Å². The highest BCUT2D eigenvalue weighted by Crippen LogP contribution is 2.26. The van der Waals surface area contributed by atoms with Crippen molar-refractivity contribution < 1.29 is 4.79 Å². The van der Waals surface area contributed by atoms with E-state index in [-0.39, 0.29) is 11.7 Å². The molecule has 3 heteroatoms. The summed E-state index contributed by atoms with van der Waals surface area (Å²) in [6.07, 6.45) is 14.5. The molecule has 0 aliphatic carbocycles. The average molecular weight is 445 g/mol. The molecule has 1 aliphatic rings. The van der Waals surface area contributed by atoms with E-state index < -0.39 is 0 Å². The highest BCUT2D eigenvalue weighted by molar-refractivity contribution is 6.12. The molecule has 0 atom stereocenters. The minimum Gasteiger partial charge on any atom is -0.296 e. The number of carbonyl (C=O) groups is 1. The second-order valence-electron chi connectivity index (χ2n) is 8.97. The lowest BCUT2D eigenvalue weighted by Crippen LogP contribution is -2.10. The normalized spacial score (nSPS) is 15.8. The van der Waals surface area contributed by atoms with Crippen LogP contribution in [0.2, 0.25) is 0 Å². The van der Waals surface area contributed by atoms with E-state index in [2.05, 4.69) is 67.9 Å². The largest absolute Gasteiger partial charge is 0.296 e. The number of aliphatic imine (C=N–C) groups is 2. The number of allylic oxidation sites excluding steroid dienone is 6. The van der Waals surface area contributed by atoms with Crippen LogP contribution in [-0.2, 0) is 11.2 Å². The molecule has 1 aromatic rings. The van der Waals surface area contributed by atoms with Gasteiger partial charge in [-0.15, -0.1) is 0 Å². The van der Waals surface area contributed by atoms with Gasteiger partial charge in [-0.3, -0.25) is 14.8 Å². The zero-order valence-corrected chi connectivity index (χ0v) is 21.2. The maximum absolute atomic E-state index is 12.4. The molecule has 0 amide bonds. The third kappa shape index (κ3) is 8.24. The molecule has 176 valence electrons. The summed E-state index contributed by atoms with van der Waals surface area (Å²) in [4.78, 5) is 21.6. The first-order valence-corrected chi connectivity index (χ1v) is 12.3. The van der Waals surface area contributed by atoms with Gasteiger partial charge in [0.25, 0.3) is 0 Å². The Hall–Kier alpha value is -2.81. The van der Waals surface area contributed by atoms with E-state index in [0.717, 1.165) is 73.1 Å². The van der Waals surface area contributed by atoms with Crippen molar-refractivity contribution in [1.82, 2.24) is 0 Å². The fourth-order valence-electron chi connectivity index (χ4n) is 4.02. The second-order valence-corrected chi connectivity index (χ2v) is 8.97. The van der Waals surface area contributed by atoms with Crippen molar-refractivity contribution in [2.24, 2.45) is 15.9 Å². The van der Waals surface area contributed by atoms with Gasteiger partial charge in [-0.05, 0) is 54.9 Å². The summed E-state index contributed by atoms with van der Waals surface area (Å²) in [6, 6.07) is 8.62. The maximum atomic E-state index is 12.4. The lowest BCUT2D eigenvalue weighted by molar-refractivity contribution is -0.118. The Balaban J connectivity index is 2.13. The molecule has 0 saturated heterocycles. The Morgan fingerprint density at radius 1 is 1.24 bits per heavy atom. The zero-order chi connectivity index (χ0) is 24.2. The number of hydrogen-bond acceptors (Lipinski definition) is 3. The molecule has 0 bridgehead atoms. The third-order valence-electron chi connectivity index (χ3n) is 5.77. The SMILES string of the molecule is C=C(CCC=C(CCC)C(=O)C(C)C)Cc1cccc(/C(C=NC)=C2/CC=CC(CC)=N2)c1. The maximum Gasteiger partial charge on any atom is 0.161 e. The van der Waals surface area contributed by atoms with E-state index in [9.17, 15) is 4.79 Å². The first kappa shape index (κ1) is 26.4. The summed E-state index contributed by atoms with van der Waals surface area (Å²) >= 11 is 0. The fourth-order valence-corrected chi connectivity index (χ4v) is 4.02. The van der Waals surface area contributed by atoms with Gasteiger partial charge >= 0.3 is 0 Å². The molecule has 0 spiro atoms. The van der Waals surface area contributed by atoms with Crippen LogP contribution in [0, 0.1) is 5.92 Å². The zero-order valence-electron chi connectivity index (χ0n) is 21.2. The van der Waals surface area contributed by atoms with E-state index in [1.54, 1.807) is 7.05 Å². The van der Waals surface area contributed by atoms with Crippen LogP contribution in [0.3, 0.4) is 0 Å². The van der Waals surface area contributed by atoms with Gasteiger partial charge in [0, 0.05) is 36.9 Å². The summed E-state index contributed by atoms with van der Waals surface area (Å²) in [5.41, 5.74) is 7.80. The van der Waals surface area contributed by atoms with Crippen LogP contribution in [0.5, 0.6) is 0 Å². The Kier molecular flexibility index (Phi) is 11.0. The molecule has 1 heterocycles. The molecule has 0 aromatic heterocycles. The molecule has 1 aromatic carbocycles. The van der Waals surface area contributed by atoms with Gasteiger partial charge in [0.1, 0.15) is 0 Å². The lowest BCUT2D eigenvalue weighted by atomic mass is 9.94. The first-order chi connectivity index (χ1) is 15.9. The second kappa shape index (κ2) is 13.7. The van der Waals surface area contributed by atoms with Gasteiger partial charge in [-0.2, -0.15) is 0 Å². The van der Waals surface area contributed by atoms with Gasteiger partial charge in [0.15, 0.2) is 5.78 Å². The molecule has 0 unspecified atom stereocenters. The van der Waals surface area contributed by atoms with Crippen LogP contribution < -0.4 is 0 Å². The van der Waals surface area contributed by atoms with Crippen LogP contribution in [0.15, 0.2) is 75.9 Å². The van der Waals surface area contributed by atoms with Crippen molar-refractivity contribution in [3.8, 4) is 0 Å². The Morgan fingerprint density at radius 2 is 2.03 bits per heavy atom. The van der Waals surface area contributed by atoms with Gasteiger partial charge in [0.2, 0.25) is 0 Å². The Morgan fingerprint density at radius 3 is 2.70 bits per heavy atom. The number of benzene rings is 1. The topological polar surface area (TPSA) is 41.8 Å². The Labute approximate surface area is 200 Å². The highest BCUT2D eigenvalue weighted by atomic mass is 16.1. The van der Waals surface area contributed by atoms with E-state index in [1.807, 2.05) is 20.1 Å². The third-order valence-corrected chi connectivity index (χ3v) is 5.77. The molecule has 0 N–H and O–H groups in total. The van der Waals surface area contributed by atoms with E-state index in [4.69, 9.17) is 4.99 Å². The van der Waals surface area contributed by atoms with Crippen molar-refractivity contribution in [2.75, 3.05) is 7.05 Å². The number of hydrogen-bond donors (Lipinski definition) is 0. The van der Waals surface area contributed by atoms with Crippen LogP contribution in [-0.4, -0.2) is 24.8 Å². The number of Topliss-reactive ketones (excluding diaryl/α,β-unsaturated/α-hetero) is 1. The van der Waals surface area contributed by atoms with Crippen molar-refractivity contribution in [3.05, 3.63) is 77.0 Å². The van der Waals surface area contributed by atoms with Crippen LogP contribution in [0.4, 0.5) is 0 Å². The van der Waals surface area contributed by atoms with Crippen molar-refractivity contribution in [1.29, 1.82) is 0 Å². The number of carbonyl (C=O) groups excluding carboxylic acids is 1. The molecular weight excluding hydrogens is 404 g/mol. The van der Waals surface area contributed by atoms with E-state index in [1.165, 1.54) is 11.1 Å². The predicted molar refractivity (Wildman–Crippen MR) is 144 cm³/mol. The van der Waals surface area contributed by atoms with Crippen LogP contribution in [0.1, 0.15) is 77.3 Å². The minimum atomic E-state index is 0.0566. The molecule has 33 heavy (non-hydrogen) atoms. The average Bonchev–Trinajstić information content (AvgIpc) is 2.81. The monoisotopic (exact) mass is 444 g/mol. The van der Waals surface area contributed by atoms with Crippen molar-refractivity contribution >= 4 is 23.3 Å². The molecule has 2 rings (SSSR count). The molecule has 0 saturated carbocycles. The highest BCUT2D eigenvalue weighted by Gasteiger charge is 2.13. The summed E-state index contributed by atoms with van der Waals surface area (Å²) in [6.45, 7) is 12.5. The van der Waals surface area contributed by atoms with Crippen LogP contribution >= 0.6 is 0 Å². The lowest BCUT2D eigenvalue weighted by Gasteiger charge is -2.13. The van der Waals surface area contributed by atoms with Gasteiger partial charge in [-0.1, -0.05) is 82.7 Å². The number of nitrogens with zero attached hydrogens (tertiary/aromatic N) is 2. The first-order valence-electron chi connectivity index (χ1n) is 12.3. The predicted octanol–water partition coefficient (Wildman–Crippen LogP) is 7.74. The summed E-state index contributed by atoms with van der Waals surface area (Å²) in [5, 5.41) is 0. The van der Waals surface area contributed by atoms with Gasteiger partial charge in [-0.25, -0.2) is 0 Å². The Bertz CT molecular complexity index is 986. The van der Waals surface area contributed by atoms with Crippen LogP contribution in [0.25, 0.3) is 5.57 Å². The summed E-state index contributed by atoms with van der Waals surface area (Å²) in [7, 11) is 1.81. The molecular formula is C30H40N2O. The number of dihydropyridines is 1.